The Morgan fingerprint density at radius 1 is 0.222 bits per heavy atom. The number of ether oxygens (including phenoxy) is 4. The Kier molecular flexibility index (Phi) is 51.9. The van der Waals surface area contributed by atoms with Gasteiger partial charge in [-0.25, -0.2) is 0 Å². The maximum absolute atomic E-state index is 7.02. The van der Waals surface area contributed by atoms with Crippen molar-refractivity contribution in [2.24, 2.45) is 23.7 Å². The van der Waals surface area contributed by atoms with Crippen molar-refractivity contribution >= 4 is 24.3 Å². The minimum atomic E-state index is 0.570. The maximum atomic E-state index is 7.02. The van der Waals surface area contributed by atoms with Crippen molar-refractivity contribution in [1.82, 2.24) is 0 Å². The predicted molar refractivity (Wildman–Crippen MR) is 400 cm³/mol. The molecule has 0 aliphatic rings. The van der Waals surface area contributed by atoms with Crippen LogP contribution in [0.25, 0.3) is 24.3 Å². The van der Waals surface area contributed by atoms with E-state index in [9.17, 15) is 0 Å². The van der Waals surface area contributed by atoms with Crippen LogP contribution in [0.5, 0.6) is 23.0 Å². The van der Waals surface area contributed by atoms with Gasteiger partial charge in [0.15, 0.2) is 0 Å². The quantitative estimate of drug-likeness (QED) is 0.0417. The molecule has 0 aromatic heterocycles. The summed E-state index contributed by atoms with van der Waals surface area (Å²) in [6, 6.07) is 22.2. The Bertz CT molecular complexity index is 1850. The van der Waals surface area contributed by atoms with Crippen molar-refractivity contribution in [2.75, 3.05) is 26.4 Å². The van der Waals surface area contributed by atoms with Crippen LogP contribution < -0.4 is 18.9 Å². The molecule has 4 nitrogen and oxygen atoms in total. The normalized spacial score (nSPS) is 13.2. The van der Waals surface area contributed by atoms with E-state index in [1.165, 1.54) is 319 Å². The molecule has 0 bridgehead atoms. The molecule has 0 radical (unpaired) electrons. The second kappa shape index (κ2) is 58.0. The zero-order valence-corrected chi connectivity index (χ0v) is 60.8. The van der Waals surface area contributed by atoms with Crippen LogP contribution in [-0.4, -0.2) is 26.4 Å². The van der Waals surface area contributed by atoms with Crippen molar-refractivity contribution in [1.29, 1.82) is 0 Å². The first kappa shape index (κ1) is 80.6. The minimum absolute atomic E-state index is 0.570. The van der Waals surface area contributed by atoms with E-state index in [1.54, 1.807) is 0 Å². The molecule has 3 rings (SSSR count). The fraction of sp³-hybridized carbons (Fsp3) is 0.744. The summed E-state index contributed by atoms with van der Waals surface area (Å²) in [5, 5.41) is 0. The maximum Gasteiger partial charge on any atom is 0.130 e. The molecule has 3 aromatic carbocycles. The summed E-state index contributed by atoms with van der Waals surface area (Å²) >= 11 is 0. The Balaban J connectivity index is 2.01. The zero-order chi connectivity index (χ0) is 64.4. The number of rotatable bonds is 64. The number of unbranched alkanes of at least 4 members (excludes halogenated alkanes) is 32. The molecule has 3 aromatic rings. The third kappa shape index (κ3) is 40.5. The highest BCUT2D eigenvalue weighted by Gasteiger charge is 2.19. The monoisotopic (exact) mass is 1240 g/mol. The highest BCUT2D eigenvalue weighted by molar-refractivity contribution is 5.78. The van der Waals surface area contributed by atoms with Crippen molar-refractivity contribution in [3.63, 3.8) is 0 Å². The van der Waals surface area contributed by atoms with E-state index >= 15 is 0 Å². The highest BCUT2D eigenvalue weighted by atomic mass is 16.5. The molecule has 0 amide bonds. The fourth-order valence-electron chi connectivity index (χ4n) is 13.3. The summed E-state index contributed by atoms with van der Waals surface area (Å²) in [5.74, 6) is 6.09. The Morgan fingerprint density at radius 3 is 0.600 bits per heavy atom. The average molecular weight is 1240 g/mol. The lowest BCUT2D eigenvalue weighted by molar-refractivity contribution is 0.214. The second-order valence-electron chi connectivity index (χ2n) is 28.0. The standard InChI is InChI=1S/C86H146O4/c1-9-17-25-33-37-45-55-77(51-41-29-21-13-5)71-87-83-59-49-60-84(88-72-78(52-42-30-22-14-6)56-46-38-34-26-18-10-2)81(83)69-67-75-63-65-76(66-64-75)68-70-82-85(89-73-79(53-43-31-23-15-7)57-47-39-35-27-19-11-3)61-50-62-86(82)90-74-80(54-44-32-24-16-8)58-48-40-36-28-20-12-4/h49-50,59-70,77-80H,9-48,51-58,71-74H2,1-8H3/b69-67+,70-68+. The van der Waals surface area contributed by atoms with Gasteiger partial charge in [-0.2, -0.15) is 0 Å². The molecule has 4 atom stereocenters. The number of hydrogen-bond acceptors (Lipinski definition) is 4. The molecular weight excluding hydrogens is 1100 g/mol. The van der Waals surface area contributed by atoms with Gasteiger partial charge in [-0.05, 0) is 123 Å². The molecule has 0 spiro atoms. The van der Waals surface area contributed by atoms with E-state index in [0.717, 1.165) is 60.6 Å². The van der Waals surface area contributed by atoms with Gasteiger partial charge in [0.05, 0.1) is 37.6 Å². The lowest BCUT2D eigenvalue weighted by Crippen LogP contribution is -2.15. The van der Waals surface area contributed by atoms with Crippen LogP contribution in [0.4, 0.5) is 0 Å². The summed E-state index contributed by atoms with van der Waals surface area (Å²) in [7, 11) is 0. The molecule has 514 valence electrons. The Morgan fingerprint density at radius 2 is 0.400 bits per heavy atom. The van der Waals surface area contributed by atoms with Gasteiger partial charge >= 0.3 is 0 Å². The zero-order valence-electron chi connectivity index (χ0n) is 60.8. The molecule has 0 heterocycles. The van der Waals surface area contributed by atoms with Gasteiger partial charge < -0.3 is 18.9 Å². The molecule has 90 heavy (non-hydrogen) atoms. The molecule has 0 aliphatic heterocycles. The molecule has 0 N–H and O–H groups in total. The minimum Gasteiger partial charge on any atom is -0.493 e. The van der Waals surface area contributed by atoms with Crippen molar-refractivity contribution in [3.05, 3.63) is 82.9 Å². The molecule has 4 heteroatoms. The van der Waals surface area contributed by atoms with Gasteiger partial charge in [0.25, 0.3) is 0 Å². The third-order valence-corrected chi connectivity index (χ3v) is 19.5. The largest absolute Gasteiger partial charge is 0.493 e. The summed E-state index contributed by atoms with van der Waals surface area (Å²) in [6.07, 6.45) is 72.1. The van der Waals surface area contributed by atoms with Gasteiger partial charge in [0.2, 0.25) is 0 Å². The molecule has 0 saturated carbocycles. The Hall–Kier alpha value is -3.66. The van der Waals surface area contributed by atoms with Crippen molar-refractivity contribution in [2.45, 2.75) is 364 Å². The lowest BCUT2D eigenvalue weighted by atomic mass is 9.95. The van der Waals surface area contributed by atoms with Crippen LogP contribution in [0.1, 0.15) is 386 Å². The van der Waals surface area contributed by atoms with Crippen molar-refractivity contribution < 1.29 is 18.9 Å². The van der Waals surface area contributed by atoms with Gasteiger partial charge in [0, 0.05) is 0 Å². The number of hydrogen-bond donors (Lipinski definition) is 0. The van der Waals surface area contributed by atoms with E-state index in [1.807, 2.05) is 0 Å². The number of benzene rings is 3. The highest BCUT2D eigenvalue weighted by Crippen LogP contribution is 2.36. The average Bonchev–Trinajstić information content (AvgIpc) is 1.27. The van der Waals surface area contributed by atoms with Crippen LogP contribution in [0.15, 0.2) is 60.7 Å². The van der Waals surface area contributed by atoms with Crippen LogP contribution in [0, 0.1) is 23.7 Å². The van der Waals surface area contributed by atoms with E-state index in [4.69, 9.17) is 18.9 Å². The summed E-state index contributed by atoms with van der Waals surface area (Å²) < 4.78 is 28.1. The lowest BCUT2D eigenvalue weighted by Gasteiger charge is -2.22. The van der Waals surface area contributed by atoms with Gasteiger partial charge in [-0.3, -0.25) is 0 Å². The van der Waals surface area contributed by atoms with E-state index < -0.39 is 0 Å². The van der Waals surface area contributed by atoms with Gasteiger partial charge in [-0.15, -0.1) is 0 Å². The second-order valence-corrected chi connectivity index (χ2v) is 28.0. The van der Waals surface area contributed by atoms with Crippen LogP contribution in [0.2, 0.25) is 0 Å². The van der Waals surface area contributed by atoms with E-state index in [0.29, 0.717) is 23.7 Å². The summed E-state index contributed by atoms with van der Waals surface area (Å²) in [6.45, 7) is 21.6. The molecule has 0 fully saturated rings. The first-order chi connectivity index (χ1) is 44.4. The first-order valence-corrected chi connectivity index (χ1v) is 39.7. The van der Waals surface area contributed by atoms with Crippen LogP contribution >= 0.6 is 0 Å². The van der Waals surface area contributed by atoms with Gasteiger partial charge in [0.1, 0.15) is 23.0 Å². The molecule has 4 unspecified atom stereocenters. The van der Waals surface area contributed by atoms with Gasteiger partial charge in [-0.1, -0.05) is 361 Å². The van der Waals surface area contributed by atoms with E-state index in [-0.39, 0.29) is 0 Å². The molecular formula is C86H146O4. The smallest absolute Gasteiger partial charge is 0.130 e. The SMILES string of the molecule is CCCCCCCCC(CCCCCC)COc1cccc(OCC(CCCCCC)CCCCCCCC)c1/C=C/c1ccc(/C=C/c2c(OCC(CCCCCC)CCCCCCCC)cccc2OCC(CCCCCC)CCCCCCCC)cc1. The molecule has 0 saturated heterocycles. The fourth-order valence-corrected chi connectivity index (χ4v) is 13.3. The summed E-state index contributed by atoms with van der Waals surface area (Å²) in [4.78, 5) is 0. The van der Waals surface area contributed by atoms with Crippen LogP contribution in [0.3, 0.4) is 0 Å². The van der Waals surface area contributed by atoms with Crippen molar-refractivity contribution in [3.8, 4) is 23.0 Å². The third-order valence-electron chi connectivity index (χ3n) is 19.5. The van der Waals surface area contributed by atoms with E-state index in [2.05, 4.69) is 140 Å². The predicted octanol–water partition coefficient (Wildman–Crippen LogP) is 28.9. The first-order valence-electron chi connectivity index (χ1n) is 39.7. The topological polar surface area (TPSA) is 36.9 Å². The Labute approximate surface area is 559 Å². The molecule has 0 aliphatic carbocycles. The summed E-state index contributed by atoms with van der Waals surface area (Å²) in [5.41, 5.74) is 4.48. The van der Waals surface area contributed by atoms with Crippen LogP contribution in [-0.2, 0) is 0 Å².